The highest BCUT2D eigenvalue weighted by Gasteiger charge is 2.30. The van der Waals surface area contributed by atoms with Crippen LogP contribution in [0.4, 0.5) is 13.2 Å². The second-order valence-electron chi connectivity index (χ2n) is 3.32. The van der Waals surface area contributed by atoms with Crippen molar-refractivity contribution < 1.29 is 18.0 Å². The Morgan fingerprint density at radius 1 is 1.28 bits per heavy atom. The molecule has 0 amide bonds. The highest BCUT2D eigenvalue weighted by molar-refractivity contribution is 14.2. The Morgan fingerprint density at radius 2 is 1.94 bits per heavy atom. The summed E-state index contributed by atoms with van der Waals surface area (Å²) < 4.78 is 38.6. The number of rotatable bonds is 2. The average Bonchev–Trinajstić information content (AvgIpc) is 2.38. The number of alkyl halides is 4. The number of carbonyl (C=O) groups is 1. The maximum atomic E-state index is 12.4. The van der Waals surface area contributed by atoms with Gasteiger partial charge in [-0.1, -0.05) is 44.6 Å². The van der Waals surface area contributed by atoms with Crippen LogP contribution in [0.5, 0.6) is 0 Å². The molecule has 7 heteroatoms. The number of aliphatic imine (C=N–C) groups is 1. The van der Waals surface area contributed by atoms with Crippen LogP contribution >= 0.6 is 32.5 Å². The van der Waals surface area contributed by atoms with E-state index >= 15 is 0 Å². The minimum atomic E-state index is -4.33. The first-order valence-corrected chi connectivity index (χ1v) is 8.24. The van der Waals surface area contributed by atoms with Crippen LogP contribution in [0.15, 0.2) is 29.3 Å². The van der Waals surface area contributed by atoms with Gasteiger partial charge >= 0.3 is 6.18 Å². The number of aldehydes is 1. The third-order valence-electron chi connectivity index (χ3n) is 2.14. The summed E-state index contributed by atoms with van der Waals surface area (Å²) >= 11 is 0.913. The van der Waals surface area contributed by atoms with Gasteiger partial charge in [-0.15, -0.1) is 0 Å². The minimum Gasteiger partial charge on any atom is -0.297 e. The molecule has 0 saturated carbocycles. The van der Waals surface area contributed by atoms with Gasteiger partial charge in [-0.3, -0.25) is 9.79 Å². The number of nitrogens with zero attached hydrogens (tertiary/aromatic N) is 1. The fourth-order valence-electron chi connectivity index (χ4n) is 1.30. The fraction of sp³-hybridized carbons (Fsp3) is 0.182. The van der Waals surface area contributed by atoms with Crippen LogP contribution < -0.4 is 0 Å². The van der Waals surface area contributed by atoms with Crippen molar-refractivity contribution in [1.82, 2.24) is 0 Å². The highest BCUT2D eigenvalue weighted by atomic mass is 127. The zero-order chi connectivity index (χ0) is 13.2. The average molecular weight is 385 g/mol. The van der Waals surface area contributed by atoms with Crippen LogP contribution in [0, 0.1) is 0 Å². The Morgan fingerprint density at radius 3 is 2.50 bits per heavy atom. The number of benzene rings is 1. The lowest BCUT2D eigenvalue weighted by Crippen LogP contribution is -2.08. The van der Waals surface area contributed by atoms with E-state index in [9.17, 15) is 18.0 Å². The van der Waals surface area contributed by atoms with Gasteiger partial charge in [0.25, 0.3) is 0 Å². The van der Waals surface area contributed by atoms with Gasteiger partial charge in [-0.05, 0) is 12.1 Å². The smallest absolute Gasteiger partial charge is 0.297 e. The van der Waals surface area contributed by atoms with Gasteiger partial charge in [0.2, 0.25) is 0 Å². The van der Waals surface area contributed by atoms with Gasteiger partial charge in [-0.2, -0.15) is 13.2 Å². The van der Waals surface area contributed by atoms with E-state index in [1.807, 2.05) is 0 Å². The first-order valence-electron chi connectivity index (χ1n) is 4.82. The molecule has 1 aromatic rings. The molecule has 1 aromatic carbocycles. The third kappa shape index (κ3) is 3.19. The monoisotopic (exact) mass is 385 g/mol. The highest BCUT2D eigenvalue weighted by Crippen LogP contribution is 2.30. The summed E-state index contributed by atoms with van der Waals surface area (Å²) in [5.74, 6) is 0. The lowest BCUT2D eigenvalue weighted by molar-refractivity contribution is -0.137. The third-order valence-corrected chi connectivity index (χ3v) is 6.07. The molecule has 0 fully saturated rings. The van der Waals surface area contributed by atoms with Gasteiger partial charge in [0.1, 0.15) is 5.04 Å². The molecule has 0 unspecified atom stereocenters. The maximum absolute atomic E-state index is 12.4. The Kier molecular flexibility index (Phi) is 4.21. The lowest BCUT2D eigenvalue weighted by Gasteiger charge is -2.11. The van der Waals surface area contributed by atoms with Crippen LogP contribution in [0.3, 0.4) is 0 Å². The van der Waals surface area contributed by atoms with Crippen molar-refractivity contribution in [3.63, 3.8) is 0 Å². The van der Waals surface area contributed by atoms with Crippen LogP contribution in [0.2, 0.25) is 0 Å². The number of hydrogen-bond donors (Lipinski definition) is 0. The normalized spacial score (nSPS) is 16.4. The van der Waals surface area contributed by atoms with Gasteiger partial charge < -0.3 is 0 Å². The molecule has 1 heterocycles. The van der Waals surface area contributed by atoms with Crippen molar-refractivity contribution >= 4 is 46.7 Å². The van der Waals surface area contributed by atoms with Crippen LogP contribution in [-0.4, -0.2) is 18.7 Å². The summed E-state index contributed by atoms with van der Waals surface area (Å²) in [5.41, 5.74) is -0.0595. The molecule has 0 N–H and O–H groups in total. The summed E-state index contributed by atoms with van der Waals surface area (Å²) in [7, 11) is 0. The minimum absolute atomic E-state index is 0.352. The van der Waals surface area contributed by atoms with Gasteiger partial charge in [-0.25, -0.2) is 0 Å². The summed E-state index contributed by atoms with van der Waals surface area (Å²) in [4.78, 5) is 14.9. The molecule has 0 radical (unpaired) electrons. The fourth-order valence-corrected chi connectivity index (χ4v) is 4.65. The number of halogens is 4. The van der Waals surface area contributed by atoms with Crippen molar-refractivity contribution in [2.45, 2.75) is 6.18 Å². The number of thioether (sulfide) groups is 1. The Labute approximate surface area is 115 Å². The van der Waals surface area contributed by atoms with E-state index < -0.39 is 11.7 Å². The molecule has 1 aliphatic rings. The number of carbonyl (C=O) groups excluding carboxylic acids is 1. The molecule has 0 bridgehead atoms. The molecule has 0 atom stereocenters. The zero-order valence-corrected chi connectivity index (χ0v) is 11.8. The van der Waals surface area contributed by atoms with Gasteiger partial charge in [0.05, 0.1) is 13.0 Å². The molecule has 2 rings (SSSR count). The topological polar surface area (TPSA) is 29.4 Å². The molecule has 96 valence electrons. The maximum Gasteiger partial charge on any atom is 0.416 e. The molecule has 2 nitrogen and oxygen atoms in total. The first-order chi connectivity index (χ1) is 8.50. The quantitative estimate of drug-likeness (QED) is 0.338. The molecular weight excluding hydrogens is 378 g/mol. The SMILES string of the molecule is O=CC1=ICN=C(c2ccc(C(F)(F)F)cc2)S1. The lowest BCUT2D eigenvalue weighted by atomic mass is 10.1. The molecular formula is C11H7F3INOS. The standard InChI is InChI=1S/C11H7F3INOS/c12-11(13,14)8-3-1-7(2-4-8)10-16-6-15-9(5-17)18-10/h1-5H,6H2. The van der Waals surface area contributed by atoms with E-state index in [2.05, 4.69) is 4.99 Å². The van der Waals surface area contributed by atoms with E-state index in [0.29, 0.717) is 15.2 Å². The van der Waals surface area contributed by atoms with Crippen molar-refractivity contribution in [2.24, 2.45) is 4.99 Å². The largest absolute Gasteiger partial charge is 0.416 e. The van der Waals surface area contributed by atoms with Crippen molar-refractivity contribution in [2.75, 3.05) is 4.55 Å². The molecule has 0 aromatic heterocycles. The summed E-state index contributed by atoms with van der Waals surface area (Å²) in [6.07, 6.45) is -3.51. The van der Waals surface area contributed by atoms with Crippen molar-refractivity contribution in [3.05, 3.63) is 35.4 Å². The van der Waals surface area contributed by atoms with Crippen molar-refractivity contribution in [1.29, 1.82) is 0 Å². The second kappa shape index (κ2) is 5.52. The number of hydrogen-bond acceptors (Lipinski definition) is 3. The molecule has 1 aliphatic heterocycles. The molecule has 0 spiro atoms. The van der Waals surface area contributed by atoms with E-state index in [0.717, 1.165) is 21.3 Å². The summed E-state index contributed by atoms with van der Waals surface area (Å²) in [6.45, 7) is 0. The zero-order valence-electron chi connectivity index (χ0n) is 8.87. The van der Waals surface area contributed by atoms with E-state index in [1.54, 1.807) is 0 Å². The first kappa shape index (κ1) is 13.7. The second-order valence-corrected chi connectivity index (χ2v) is 7.69. The van der Waals surface area contributed by atoms with Gasteiger partial charge in [0.15, 0.2) is 6.29 Å². The summed E-state index contributed by atoms with van der Waals surface area (Å²) in [5, 5.41) is 0.622. The van der Waals surface area contributed by atoms with E-state index in [4.69, 9.17) is 0 Å². The Balaban J connectivity index is 2.21. The van der Waals surface area contributed by atoms with E-state index in [-0.39, 0.29) is 20.7 Å². The molecule has 18 heavy (non-hydrogen) atoms. The molecule has 0 aliphatic carbocycles. The van der Waals surface area contributed by atoms with Crippen LogP contribution in [0.1, 0.15) is 11.1 Å². The van der Waals surface area contributed by atoms with Crippen LogP contribution in [0.25, 0.3) is 0 Å². The van der Waals surface area contributed by atoms with Crippen molar-refractivity contribution in [3.8, 4) is 0 Å². The Bertz CT molecular complexity index is 522. The predicted molar refractivity (Wildman–Crippen MR) is 75.5 cm³/mol. The Hall–Kier alpha value is -0.700. The predicted octanol–water partition coefficient (Wildman–Crippen LogP) is 3.46. The van der Waals surface area contributed by atoms with Gasteiger partial charge in [0, 0.05) is 5.56 Å². The summed E-state index contributed by atoms with van der Waals surface area (Å²) in [6, 6.07) is 4.84. The molecule has 0 saturated heterocycles. The van der Waals surface area contributed by atoms with E-state index in [1.165, 1.54) is 23.9 Å². The van der Waals surface area contributed by atoms with Crippen LogP contribution in [-0.2, 0) is 11.0 Å².